The molecule has 1 saturated carbocycles. The van der Waals surface area contributed by atoms with Gasteiger partial charge in [-0.3, -0.25) is 4.79 Å². The molecule has 1 aliphatic carbocycles. The van der Waals surface area contributed by atoms with Crippen LogP contribution >= 0.6 is 0 Å². The largest absolute Gasteiger partial charge is 0.481 e. The SMILES string of the molecule is Cc1nc(C2CCC2)nc(C)c1CCC(=O)O. The number of aryl methyl sites for hydroxylation is 2. The third kappa shape index (κ3) is 2.62. The zero-order valence-electron chi connectivity index (χ0n) is 10.4. The Labute approximate surface area is 101 Å². The summed E-state index contributed by atoms with van der Waals surface area (Å²) < 4.78 is 0. The number of hydrogen-bond acceptors (Lipinski definition) is 3. The summed E-state index contributed by atoms with van der Waals surface area (Å²) in [6.07, 6.45) is 4.32. The number of nitrogens with zero attached hydrogens (tertiary/aromatic N) is 2. The van der Waals surface area contributed by atoms with Gasteiger partial charge in [0.1, 0.15) is 5.82 Å². The van der Waals surface area contributed by atoms with Gasteiger partial charge in [-0.25, -0.2) is 9.97 Å². The molecular formula is C13H18N2O2. The molecule has 92 valence electrons. The Balaban J connectivity index is 2.19. The van der Waals surface area contributed by atoms with Gasteiger partial charge in [-0.15, -0.1) is 0 Å². The minimum atomic E-state index is -0.771. The van der Waals surface area contributed by atoms with E-state index in [4.69, 9.17) is 5.11 Å². The molecule has 17 heavy (non-hydrogen) atoms. The highest BCUT2D eigenvalue weighted by Gasteiger charge is 2.23. The first kappa shape index (κ1) is 12.0. The molecule has 0 atom stereocenters. The fourth-order valence-corrected chi connectivity index (χ4v) is 2.21. The van der Waals surface area contributed by atoms with E-state index in [2.05, 4.69) is 9.97 Å². The molecule has 0 saturated heterocycles. The van der Waals surface area contributed by atoms with E-state index in [0.29, 0.717) is 12.3 Å². The second-order valence-electron chi connectivity index (χ2n) is 4.75. The predicted octanol–water partition coefficient (Wildman–Crippen LogP) is 2.38. The molecule has 0 bridgehead atoms. The summed E-state index contributed by atoms with van der Waals surface area (Å²) in [5, 5.41) is 8.71. The monoisotopic (exact) mass is 234 g/mol. The Morgan fingerprint density at radius 1 is 1.29 bits per heavy atom. The summed E-state index contributed by atoms with van der Waals surface area (Å²) in [6, 6.07) is 0. The van der Waals surface area contributed by atoms with Crippen LogP contribution in [0.5, 0.6) is 0 Å². The van der Waals surface area contributed by atoms with Gasteiger partial charge < -0.3 is 5.11 Å². The molecule has 0 unspecified atom stereocenters. The number of carbonyl (C=O) groups is 1. The van der Waals surface area contributed by atoms with Crippen molar-refractivity contribution in [3.63, 3.8) is 0 Å². The van der Waals surface area contributed by atoms with E-state index in [0.717, 1.165) is 22.8 Å². The van der Waals surface area contributed by atoms with Gasteiger partial charge in [0.15, 0.2) is 0 Å². The first-order valence-corrected chi connectivity index (χ1v) is 6.13. The van der Waals surface area contributed by atoms with Crippen molar-refractivity contribution in [2.45, 2.75) is 51.9 Å². The Morgan fingerprint density at radius 3 is 2.29 bits per heavy atom. The van der Waals surface area contributed by atoms with Gasteiger partial charge in [0.25, 0.3) is 0 Å². The Morgan fingerprint density at radius 2 is 1.88 bits per heavy atom. The molecule has 1 aromatic rings. The summed E-state index contributed by atoms with van der Waals surface area (Å²) in [5.74, 6) is 0.707. The highest BCUT2D eigenvalue weighted by atomic mass is 16.4. The van der Waals surface area contributed by atoms with Crippen LogP contribution in [0.3, 0.4) is 0 Å². The van der Waals surface area contributed by atoms with Gasteiger partial charge in [0.05, 0.1) is 0 Å². The molecule has 2 rings (SSSR count). The number of carboxylic acids is 1. The van der Waals surface area contributed by atoms with Crippen molar-refractivity contribution in [3.8, 4) is 0 Å². The van der Waals surface area contributed by atoms with Crippen LogP contribution in [0.1, 0.15) is 54.4 Å². The van der Waals surface area contributed by atoms with Crippen molar-refractivity contribution < 1.29 is 9.90 Å². The molecule has 1 heterocycles. The number of aromatic nitrogens is 2. The van der Waals surface area contributed by atoms with E-state index in [1.807, 2.05) is 13.8 Å². The minimum Gasteiger partial charge on any atom is -0.481 e. The van der Waals surface area contributed by atoms with E-state index >= 15 is 0 Å². The quantitative estimate of drug-likeness (QED) is 0.868. The third-order valence-corrected chi connectivity index (χ3v) is 3.50. The molecular weight excluding hydrogens is 216 g/mol. The summed E-state index contributed by atoms with van der Waals surface area (Å²) in [7, 11) is 0. The zero-order chi connectivity index (χ0) is 12.4. The minimum absolute atomic E-state index is 0.147. The Hall–Kier alpha value is -1.45. The average Bonchev–Trinajstić information content (AvgIpc) is 2.12. The van der Waals surface area contributed by atoms with Gasteiger partial charge in [0, 0.05) is 23.7 Å². The van der Waals surface area contributed by atoms with Crippen LogP contribution in [-0.2, 0) is 11.2 Å². The van der Waals surface area contributed by atoms with Crippen molar-refractivity contribution >= 4 is 5.97 Å². The lowest BCUT2D eigenvalue weighted by Crippen LogP contribution is -2.15. The van der Waals surface area contributed by atoms with Crippen LogP contribution in [0.4, 0.5) is 0 Å². The van der Waals surface area contributed by atoms with Gasteiger partial charge in [-0.05, 0) is 38.7 Å². The standard InChI is InChI=1S/C13H18N2O2/c1-8-11(6-7-12(16)17)9(2)15-13(14-8)10-4-3-5-10/h10H,3-7H2,1-2H3,(H,16,17). The average molecular weight is 234 g/mol. The lowest BCUT2D eigenvalue weighted by Gasteiger charge is -2.24. The molecule has 1 fully saturated rings. The topological polar surface area (TPSA) is 63.1 Å². The maximum atomic E-state index is 10.6. The van der Waals surface area contributed by atoms with Crippen LogP contribution in [-0.4, -0.2) is 21.0 Å². The maximum absolute atomic E-state index is 10.6. The molecule has 1 N–H and O–H groups in total. The van der Waals surface area contributed by atoms with E-state index < -0.39 is 5.97 Å². The first-order valence-electron chi connectivity index (χ1n) is 6.13. The fourth-order valence-electron chi connectivity index (χ4n) is 2.21. The molecule has 0 amide bonds. The van der Waals surface area contributed by atoms with Crippen LogP contribution in [0.2, 0.25) is 0 Å². The number of carboxylic acid groups (broad SMARTS) is 1. The summed E-state index contributed by atoms with van der Waals surface area (Å²) in [6.45, 7) is 3.90. The second kappa shape index (κ2) is 4.82. The van der Waals surface area contributed by atoms with E-state index in [-0.39, 0.29) is 6.42 Å². The van der Waals surface area contributed by atoms with Crippen molar-refractivity contribution in [1.29, 1.82) is 0 Å². The highest BCUT2D eigenvalue weighted by molar-refractivity contribution is 5.67. The molecule has 0 aromatic carbocycles. The van der Waals surface area contributed by atoms with E-state index in [1.165, 1.54) is 19.3 Å². The van der Waals surface area contributed by atoms with Crippen LogP contribution in [0, 0.1) is 13.8 Å². The molecule has 0 radical (unpaired) electrons. The first-order chi connectivity index (χ1) is 8.08. The normalized spacial score (nSPS) is 15.6. The van der Waals surface area contributed by atoms with Gasteiger partial charge >= 0.3 is 5.97 Å². The Bertz CT molecular complexity index is 416. The van der Waals surface area contributed by atoms with E-state index in [9.17, 15) is 4.79 Å². The molecule has 0 aliphatic heterocycles. The van der Waals surface area contributed by atoms with Gasteiger partial charge in [-0.1, -0.05) is 6.42 Å². The van der Waals surface area contributed by atoms with Gasteiger partial charge in [0.2, 0.25) is 0 Å². The lowest BCUT2D eigenvalue weighted by atomic mass is 9.84. The highest BCUT2D eigenvalue weighted by Crippen LogP contribution is 2.34. The number of rotatable bonds is 4. The molecule has 0 spiro atoms. The molecule has 4 heteroatoms. The van der Waals surface area contributed by atoms with Crippen molar-refractivity contribution in [2.75, 3.05) is 0 Å². The van der Waals surface area contributed by atoms with Crippen LogP contribution in [0.15, 0.2) is 0 Å². The second-order valence-corrected chi connectivity index (χ2v) is 4.75. The van der Waals surface area contributed by atoms with Crippen molar-refractivity contribution in [2.24, 2.45) is 0 Å². The molecule has 1 aliphatic rings. The summed E-state index contributed by atoms with van der Waals surface area (Å²) in [5.41, 5.74) is 2.89. The summed E-state index contributed by atoms with van der Waals surface area (Å²) in [4.78, 5) is 19.6. The van der Waals surface area contributed by atoms with Gasteiger partial charge in [-0.2, -0.15) is 0 Å². The smallest absolute Gasteiger partial charge is 0.303 e. The van der Waals surface area contributed by atoms with Crippen LogP contribution < -0.4 is 0 Å². The summed E-state index contributed by atoms with van der Waals surface area (Å²) >= 11 is 0. The molecule has 4 nitrogen and oxygen atoms in total. The zero-order valence-corrected chi connectivity index (χ0v) is 10.4. The molecule has 1 aromatic heterocycles. The van der Waals surface area contributed by atoms with Crippen LogP contribution in [0.25, 0.3) is 0 Å². The lowest BCUT2D eigenvalue weighted by molar-refractivity contribution is -0.136. The number of hydrogen-bond donors (Lipinski definition) is 1. The van der Waals surface area contributed by atoms with Crippen molar-refractivity contribution in [3.05, 3.63) is 22.8 Å². The predicted molar refractivity (Wildman–Crippen MR) is 64.1 cm³/mol. The Kier molecular flexibility index (Phi) is 3.41. The third-order valence-electron chi connectivity index (χ3n) is 3.50. The number of aliphatic carboxylic acids is 1. The maximum Gasteiger partial charge on any atom is 0.303 e. The fraction of sp³-hybridized carbons (Fsp3) is 0.615. The van der Waals surface area contributed by atoms with E-state index in [1.54, 1.807) is 0 Å². The van der Waals surface area contributed by atoms with Crippen molar-refractivity contribution in [1.82, 2.24) is 9.97 Å².